The van der Waals surface area contributed by atoms with Gasteiger partial charge in [0.15, 0.2) is 0 Å². The van der Waals surface area contributed by atoms with Gasteiger partial charge in [-0.3, -0.25) is 0 Å². The smallest absolute Gasteiger partial charge is 0.115 e. The van der Waals surface area contributed by atoms with Crippen LogP contribution in [0.2, 0.25) is 0 Å². The maximum atomic E-state index is 4.97. The molecule has 2 nitrogen and oxygen atoms in total. The Balaban J connectivity index is 1.93. The van der Waals surface area contributed by atoms with Gasteiger partial charge in [0.1, 0.15) is 5.01 Å². The summed E-state index contributed by atoms with van der Waals surface area (Å²) in [4.78, 5) is 6.49. The standard InChI is InChI=1S/C18H24N2S/c1-3-11-19-17(14-8-6-7-13(2)12-14)18-20-15-9-4-5-10-16(15)21-18/h6-8,12,17,19H,3-5,9-11H2,1-2H3. The van der Waals surface area contributed by atoms with Gasteiger partial charge in [-0.15, -0.1) is 11.3 Å². The fourth-order valence-electron chi connectivity index (χ4n) is 2.98. The van der Waals surface area contributed by atoms with E-state index in [2.05, 4.69) is 43.4 Å². The second-order valence-electron chi connectivity index (χ2n) is 5.93. The van der Waals surface area contributed by atoms with Crippen LogP contribution in [-0.2, 0) is 12.8 Å². The number of fused-ring (bicyclic) bond motifs is 1. The molecule has 1 unspecified atom stereocenters. The molecule has 0 saturated carbocycles. The fourth-order valence-corrected chi connectivity index (χ4v) is 4.24. The monoisotopic (exact) mass is 300 g/mol. The van der Waals surface area contributed by atoms with Crippen molar-refractivity contribution in [2.45, 2.75) is 52.0 Å². The zero-order valence-corrected chi connectivity index (χ0v) is 13.8. The molecule has 0 spiro atoms. The van der Waals surface area contributed by atoms with E-state index >= 15 is 0 Å². The number of thiazole rings is 1. The number of benzene rings is 1. The molecule has 1 aliphatic rings. The number of hydrogen-bond donors (Lipinski definition) is 1. The Labute approximate surface area is 131 Å². The molecule has 3 rings (SSSR count). The maximum Gasteiger partial charge on any atom is 0.115 e. The summed E-state index contributed by atoms with van der Waals surface area (Å²) in [5, 5.41) is 4.94. The van der Waals surface area contributed by atoms with Crippen LogP contribution in [0, 0.1) is 6.92 Å². The summed E-state index contributed by atoms with van der Waals surface area (Å²) >= 11 is 1.92. The van der Waals surface area contributed by atoms with Crippen molar-refractivity contribution in [3.63, 3.8) is 0 Å². The van der Waals surface area contributed by atoms with Gasteiger partial charge in [-0.1, -0.05) is 36.8 Å². The normalized spacial score (nSPS) is 15.7. The molecule has 1 heterocycles. The minimum atomic E-state index is 0.250. The molecule has 21 heavy (non-hydrogen) atoms. The van der Waals surface area contributed by atoms with Gasteiger partial charge in [-0.2, -0.15) is 0 Å². The van der Waals surface area contributed by atoms with Crippen molar-refractivity contribution in [3.8, 4) is 0 Å². The third kappa shape index (κ3) is 3.35. The second kappa shape index (κ2) is 6.71. The van der Waals surface area contributed by atoms with Gasteiger partial charge in [0.05, 0.1) is 11.7 Å². The molecule has 1 atom stereocenters. The summed E-state index contributed by atoms with van der Waals surface area (Å²) in [5.41, 5.74) is 4.02. The van der Waals surface area contributed by atoms with Gasteiger partial charge in [0.2, 0.25) is 0 Å². The van der Waals surface area contributed by atoms with Crippen molar-refractivity contribution in [1.29, 1.82) is 0 Å². The number of nitrogens with zero attached hydrogens (tertiary/aromatic N) is 1. The number of rotatable bonds is 5. The Morgan fingerprint density at radius 3 is 2.90 bits per heavy atom. The van der Waals surface area contributed by atoms with Crippen LogP contribution in [0.5, 0.6) is 0 Å². The third-order valence-corrected chi connectivity index (χ3v) is 5.31. The molecule has 0 saturated heterocycles. The highest BCUT2D eigenvalue weighted by molar-refractivity contribution is 7.11. The van der Waals surface area contributed by atoms with Gasteiger partial charge in [-0.05, 0) is 51.1 Å². The van der Waals surface area contributed by atoms with Crippen LogP contribution in [0.4, 0.5) is 0 Å². The summed E-state index contributed by atoms with van der Waals surface area (Å²) in [6.07, 6.45) is 6.16. The number of aromatic nitrogens is 1. The van der Waals surface area contributed by atoms with Gasteiger partial charge < -0.3 is 5.32 Å². The zero-order chi connectivity index (χ0) is 14.7. The van der Waals surface area contributed by atoms with E-state index in [9.17, 15) is 0 Å². The molecular weight excluding hydrogens is 276 g/mol. The molecular formula is C18H24N2S. The van der Waals surface area contributed by atoms with Crippen LogP contribution < -0.4 is 5.32 Å². The molecule has 2 aromatic rings. The third-order valence-electron chi connectivity index (χ3n) is 4.08. The molecule has 1 N–H and O–H groups in total. The number of nitrogens with one attached hydrogen (secondary N) is 1. The van der Waals surface area contributed by atoms with E-state index in [4.69, 9.17) is 4.98 Å². The summed E-state index contributed by atoms with van der Waals surface area (Å²) in [5.74, 6) is 0. The molecule has 0 aliphatic heterocycles. The van der Waals surface area contributed by atoms with E-state index in [1.165, 1.54) is 52.4 Å². The maximum absolute atomic E-state index is 4.97. The highest BCUT2D eigenvalue weighted by atomic mass is 32.1. The van der Waals surface area contributed by atoms with Crippen molar-refractivity contribution < 1.29 is 0 Å². The molecule has 112 valence electrons. The van der Waals surface area contributed by atoms with Crippen LogP contribution in [0.15, 0.2) is 24.3 Å². The van der Waals surface area contributed by atoms with Crippen LogP contribution in [-0.4, -0.2) is 11.5 Å². The average Bonchev–Trinajstić information content (AvgIpc) is 2.91. The average molecular weight is 300 g/mol. The summed E-state index contributed by atoms with van der Waals surface area (Å²) < 4.78 is 0. The van der Waals surface area contributed by atoms with E-state index in [0.717, 1.165) is 13.0 Å². The molecule has 1 aliphatic carbocycles. The SMILES string of the molecule is CCCNC(c1cccc(C)c1)c1nc2c(s1)CCCC2. The lowest BCUT2D eigenvalue weighted by Crippen LogP contribution is -2.23. The zero-order valence-electron chi connectivity index (χ0n) is 13.0. The molecule has 0 amide bonds. The minimum absolute atomic E-state index is 0.250. The Bertz CT molecular complexity index is 580. The van der Waals surface area contributed by atoms with Crippen molar-refractivity contribution in [2.24, 2.45) is 0 Å². The predicted octanol–water partition coefficient (Wildman–Crippen LogP) is 4.42. The van der Waals surface area contributed by atoms with Crippen molar-refractivity contribution in [2.75, 3.05) is 6.54 Å². The lowest BCUT2D eigenvalue weighted by atomic mass is 10.0. The van der Waals surface area contributed by atoms with E-state index in [-0.39, 0.29) is 6.04 Å². The highest BCUT2D eigenvalue weighted by Crippen LogP contribution is 2.32. The van der Waals surface area contributed by atoms with Crippen LogP contribution in [0.1, 0.15) is 58.9 Å². The molecule has 3 heteroatoms. The summed E-state index contributed by atoms with van der Waals surface area (Å²) in [6.45, 7) is 5.41. The minimum Gasteiger partial charge on any atom is -0.304 e. The Hall–Kier alpha value is -1.19. The highest BCUT2D eigenvalue weighted by Gasteiger charge is 2.21. The molecule has 1 aromatic heterocycles. The van der Waals surface area contributed by atoms with Crippen LogP contribution in [0.3, 0.4) is 0 Å². The largest absolute Gasteiger partial charge is 0.304 e. The first-order valence-corrected chi connectivity index (χ1v) is 8.88. The first-order valence-electron chi connectivity index (χ1n) is 8.06. The van der Waals surface area contributed by atoms with Crippen molar-refractivity contribution in [1.82, 2.24) is 10.3 Å². The lowest BCUT2D eigenvalue weighted by molar-refractivity contribution is 0.592. The van der Waals surface area contributed by atoms with Gasteiger partial charge in [0.25, 0.3) is 0 Å². The first-order chi connectivity index (χ1) is 10.3. The van der Waals surface area contributed by atoms with Gasteiger partial charge >= 0.3 is 0 Å². The molecule has 0 bridgehead atoms. The quantitative estimate of drug-likeness (QED) is 0.884. The van der Waals surface area contributed by atoms with Gasteiger partial charge in [0, 0.05) is 4.88 Å². The molecule has 1 aromatic carbocycles. The van der Waals surface area contributed by atoms with Crippen molar-refractivity contribution in [3.05, 3.63) is 51.0 Å². The fraction of sp³-hybridized carbons (Fsp3) is 0.500. The Kier molecular flexibility index (Phi) is 4.71. The predicted molar refractivity (Wildman–Crippen MR) is 90.1 cm³/mol. The molecule has 0 radical (unpaired) electrons. The topological polar surface area (TPSA) is 24.9 Å². The second-order valence-corrected chi connectivity index (χ2v) is 7.05. The van der Waals surface area contributed by atoms with E-state index in [1.807, 2.05) is 11.3 Å². The van der Waals surface area contributed by atoms with Crippen LogP contribution >= 0.6 is 11.3 Å². The number of hydrogen-bond acceptors (Lipinski definition) is 3. The van der Waals surface area contributed by atoms with Crippen LogP contribution in [0.25, 0.3) is 0 Å². The van der Waals surface area contributed by atoms with Gasteiger partial charge in [-0.25, -0.2) is 4.98 Å². The summed E-state index contributed by atoms with van der Waals surface area (Å²) in [7, 11) is 0. The molecule has 0 fully saturated rings. The van der Waals surface area contributed by atoms with E-state index in [1.54, 1.807) is 0 Å². The van der Waals surface area contributed by atoms with E-state index in [0.29, 0.717) is 0 Å². The number of aryl methyl sites for hydroxylation is 3. The van der Waals surface area contributed by atoms with E-state index < -0.39 is 0 Å². The Morgan fingerprint density at radius 2 is 2.14 bits per heavy atom. The summed E-state index contributed by atoms with van der Waals surface area (Å²) in [6, 6.07) is 9.07. The lowest BCUT2D eigenvalue weighted by Gasteiger charge is -2.17. The first kappa shape index (κ1) is 14.7. The van der Waals surface area contributed by atoms with Crippen molar-refractivity contribution >= 4 is 11.3 Å². The Morgan fingerprint density at radius 1 is 1.29 bits per heavy atom.